The number of likely N-dealkylation sites (N-methyl/N-ethyl adjacent to an activating group) is 2. The van der Waals surface area contributed by atoms with Crippen molar-refractivity contribution in [1.29, 1.82) is 0 Å². The lowest BCUT2D eigenvalue weighted by Crippen LogP contribution is -2.44. The molecule has 2 saturated heterocycles. The van der Waals surface area contributed by atoms with Crippen molar-refractivity contribution in [2.75, 3.05) is 104 Å². The lowest BCUT2D eigenvalue weighted by Gasteiger charge is -2.34. The van der Waals surface area contributed by atoms with Crippen LogP contribution in [0.25, 0.3) is 0 Å². The maximum absolute atomic E-state index is 12.7. The number of halogens is 1. The number of thiazole rings is 1. The maximum atomic E-state index is 12.7. The molecule has 19 heteroatoms. The molecule has 4 aromatic carbocycles. The number of nitrogen functional groups attached to an aromatic ring is 1. The lowest BCUT2D eigenvalue weighted by molar-refractivity contribution is 0.102. The highest BCUT2D eigenvalue weighted by molar-refractivity contribution is 9.09. The van der Waals surface area contributed by atoms with Gasteiger partial charge in [-0.15, -0.1) is 0 Å². The minimum atomic E-state index is -0.210. The molecule has 0 amide bonds. The third-order valence-corrected chi connectivity index (χ3v) is 12.1. The van der Waals surface area contributed by atoms with E-state index in [2.05, 4.69) is 94.5 Å². The summed E-state index contributed by atoms with van der Waals surface area (Å²) in [6.07, 6.45) is 0. The molecule has 3 heterocycles. The first kappa shape index (κ1) is 50.8. The largest absolute Gasteiger partial charge is 0.508 e. The number of phenols is 2. The molecule has 336 valence electrons. The molecule has 2 fully saturated rings. The number of thioether (sulfide) groups is 1. The van der Waals surface area contributed by atoms with Crippen LogP contribution < -0.4 is 31.9 Å². The fraction of sp³-hybridized carbons (Fsp3) is 0.295. The number of anilines is 6. The normalized spacial score (nSPS) is 14.3. The summed E-state index contributed by atoms with van der Waals surface area (Å²) >= 11 is 10.9. The highest BCUT2D eigenvalue weighted by Crippen LogP contribution is 2.31. The van der Waals surface area contributed by atoms with Crippen LogP contribution in [-0.2, 0) is 0 Å². The number of alkyl halides is 1. The number of benzene rings is 4. The van der Waals surface area contributed by atoms with Gasteiger partial charge in [0, 0.05) is 86.2 Å². The first-order valence-electron chi connectivity index (χ1n) is 19.9. The summed E-state index contributed by atoms with van der Waals surface area (Å²) in [6.45, 7) is 10.5. The summed E-state index contributed by atoms with van der Waals surface area (Å²) in [5.74, 6) is 1.18. The van der Waals surface area contributed by atoms with Crippen LogP contribution in [0.3, 0.4) is 0 Å². The summed E-state index contributed by atoms with van der Waals surface area (Å²) < 4.78 is 0. The Bertz CT molecular complexity index is 2250. The van der Waals surface area contributed by atoms with Gasteiger partial charge in [-0.25, -0.2) is 4.98 Å². The number of aromatic hydroxyl groups is 2. The number of amidine groups is 1. The van der Waals surface area contributed by atoms with Gasteiger partial charge >= 0.3 is 0 Å². The minimum absolute atomic E-state index is 0. The van der Waals surface area contributed by atoms with Crippen LogP contribution in [0.15, 0.2) is 102 Å². The zero-order valence-corrected chi connectivity index (χ0v) is 41.1. The number of rotatable bonds is 10. The van der Waals surface area contributed by atoms with Crippen LogP contribution in [0.4, 0.5) is 33.7 Å². The van der Waals surface area contributed by atoms with Crippen LogP contribution >= 0.6 is 61.1 Å². The van der Waals surface area contributed by atoms with E-state index < -0.39 is 0 Å². The molecular formula is C44H56BrN10O4PS3. The fourth-order valence-corrected chi connectivity index (χ4v) is 8.13. The summed E-state index contributed by atoms with van der Waals surface area (Å²) in [7, 11) is 4.30. The Balaban J connectivity index is 0.000000226. The zero-order chi connectivity index (χ0) is 44.6. The number of phenolic OH excluding ortho intramolecular Hbond substituents is 2. The average Bonchev–Trinajstić information content (AvgIpc) is 3.64. The number of aliphatic imine (C=N–C) groups is 1. The number of carbonyl (C=O) groups excluding carboxylic acids is 2. The fourth-order valence-electron chi connectivity index (χ4n) is 6.21. The van der Waals surface area contributed by atoms with Gasteiger partial charge in [-0.05, 0) is 129 Å². The van der Waals surface area contributed by atoms with Crippen molar-refractivity contribution < 1.29 is 19.8 Å². The number of carbonyl (C=O) groups is 2. The molecule has 63 heavy (non-hydrogen) atoms. The predicted molar refractivity (Wildman–Crippen MR) is 277 cm³/mol. The van der Waals surface area contributed by atoms with Crippen molar-refractivity contribution in [2.24, 2.45) is 10.7 Å². The number of Topliss-reactive ketones (excluding diaryl/α,β-unsaturated/α-hetero) is 1. The topological polar surface area (TPSA) is 189 Å². The average molecular weight is 996 g/mol. The Morgan fingerprint density at radius 2 is 1.24 bits per heavy atom. The number of nitrogens with two attached hydrogens (primary N) is 2. The molecule has 1 unspecified atom stereocenters. The van der Waals surface area contributed by atoms with Gasteiger partial charge in [0.05, 0.1) is 5.33 Å². The smallest absolute Gasteiger partial charge is 0.206 e. The molecule has 0 bridgehead atoms. The van der Waals surface area contributed by atoms with Crippen molar-refractivity contribution >= 4 is 117 Å². The third kappa shape index (κ3) is 16.0. The summed E-state index contributed by atoms with van der Waals surface area (Å²) in [6, 6.07) is 28.8. The van der Waals surface area contributed by atoms with E-state index in [9.17, 15) is 14.7 Å². The van der Waals surface area contributed by atoms with E-state index in [1.54, 1.807) is 24.3 Å². The number of nitrogens with zero attached hydrogens (tertiary/aromatic N) is 6. The van der Waals surface area contributed by atoms with Crippen LogP contribution in [0, 0.1) is 0 Å². The standard InChI is InChI=1S/C21H23N5O2S.C15H23N5S2.C8H7BrO2.H3P/c1-25-10-12-26(13-11-25)16-6-4-15(5-7-16)23-21-24-20(22)19(29-21)18(28)14-2-8-17(27)9-3-14;1-3-22-14(16)18-15(21)17-12-4-6-13(7-5-12)20-10-8-19(2)9-11-20;9-5-8(11)6-1-3-7(10)4-2-6;/h2-9,27H,10-13,22H2,1H3,(H,23,24);4-7H,3,8-11H2,1-2H3,(H3,16,17,18,21);1-4,10H,5H2;1H3. The van der Waals surface area contributed by atoms with Gasteiger partial charge in [0.25, 0.3) is 0 Å². The van der Waals surface area contributed by atoms with Crippen LogP contribution in [0.2, 0.25) is 0 Å². The summed E-state index contributed by atoms with van der Waals surface area (Å²) in [5.41, 5.74) is 17.1. The second-order valence-electron chi connectivity index (χ2n) is 14.3. The minimum Gasteiger partial charge on any atom is -0.508 e. The summed E-state index contributed by atoms with van der Waals surface area (Å²) in [5, 5.41) is 26.4. The Kier molecular flexibility index (Phi) is 20.6. The number of hydrogen-bond donors (Lipinski definition) is 6. The quantitative estimate of drug-likeness (QED) is 0.0203. The lowest BCUT2D eigenvalue weighted by atomic mass is 10.1. The van der Waals surface area contributed by atoms with Gasteiger partial charge in [-0.2, -0.15) is 14.9 Å². The van der Waals surface area contributed by atoms with Gasteiger partial charge in [-0.1, -0.05) is 46.0 Å². The molecular weight excluding hydrogens is 940 g/mol. The maximum Gasteiger partial charge on any atom is 0.206 e. The zero-order valence-electron chi connectivity index (χ0n) is 35.7. The number of ketones is 2. The highest BCUT2D eigenvalue weighted by Gasteiger charge is 2.19. The van der Waals surface area contributed by atoms with Crippen LogP contribution in [0.1, 0.15) is 32.5 Å². The van der Waals surface area contributed by atoms with Crippen molar-refractivity contribution in [1.82, 2.24) is 14.8 Å². The van der Waals surface area contributed by atoms with Crippen LogP contribution in [-0.4, -0.2) is 124 Å². The monoisotopic (exact) mass is 994 g/mol. The number of hydrogen-bond acceptors (Lipinski definition) is 14. The number of thiocarbonyl (C=S) groups is 1. The molecule has 2 aliphatic rings. The Hall–Kier alpha value is -4.81. The molecule has 1 aromatic heterocycles. The molecule has 14 nitrogen and oxygen atoms in total. The first-order valence-corrected chi connectivity index (χ1v) is 23.2. The van der Waals surface area contributed by atoms with E-state index in [-0.39, 0.29) is 38.8 Å². The second-order valence-corrected chi connectivity index (χ2v) is 17.6. The molecule has 1 atom stereocenters. The van der Waals surface area contributed by atoms with Crippen LogP contribution in [0.5, 0.6) is 11.5 Å². The number of piperazine rings is 2. The molecule has 2 aliphatic heterocycles. The van der Waals surface area contributed by atoms with E-state index in [1.807, 2.05) is 31.2 Å². The molecule has 8 N–H and O–H groups in total. The van der Waals surface area contributed by atoms with Crippen molar-refractivity contribution in [3.63, 3.8) is 0 Å². The second kappa shape index (κ2) is 25.5. The molecule has 0 aliphatic carbocycles. The van der Waals surface area contributed by atoms with Gasteiger partial charge in [0.15, 0.2) is 21.2 Å². The van der Waals surface area contributed by atoms with Gasteiger partial charge in [0.2, 0.25) is 5.78 Å². The van der Waals surface area contributed by atoms with Crippen molar-refractivity contribution in [2.45, 2.75) is 6.92 Å². The van der Waals surface area contributed by atoms with Gasteiger partial charge in [0.1, 0.15) is 22.2 Å². The number of aromatic nitrogens is 1. The Morgan fingerprint density at radius 3 is 1.70 bits per heavy atom. The Labute approximate surface area is 394 Å². The first-order chi connectivity index (χ1) is 29.8. The molecule has 5 aromatic rings. The third-order valence-electron chi connectivity index (χ3n) is 9.78. The van der Waals surface area contributed by atoms with E-state index in [4.69, 9.17) is 28.8 Å². The van der Waals surface area contributed by atoms with E-state index in [0.717, 1.165) is 69.5 Å². The SMILES string of the molecule is CCSC(N)=NC(=S)Nc1ccc(N2CCN(C)CC2)cc1.CN1CCN(c2ccc(Nc3nc(N)c(C(=O)c4ccc(O)cc4)s3)cc2)CC1.O=C(CBr)c1ccc(O)cc1.P. The van der Waals surface area contributed by atoms with Gasteiger partial charge in [-0.3, -0.25) is 9.59 Å². The molecule has 7 rings (SSSR count). The summed E-state index contributed by atoms with van der Waals surface area (Å²) in [4.78, 5) is 41.9. The predicted octanol–water partition coefficient (Wildman–Crippen LogP) is 7.39. The highest BCUT2D eigenvalue weighted by atomic mass is 79.9. The molecule has 0 radical (unpaired) electrons. The molecule has 0 spiro atoms. The Morgan fingerprint density at radius 1 is 0.778 bits per heavy atom. The van der Waals surface area contributed by atoms with Crippen molar-refractivity contribution in [3.8, 4) is 11.5 Å². The van der Waals surface area contributed by atoms with Crippen molar-refractivity contribution in [3.05, 3.63) is 113 Å². The van der Waals surface area contributed by atoms with E-state index in [1.165, 1.54) is 58.7 Å². The van der Waals surface area contributed by atoms with E-state index >= 15 is 0 Å². The number of nitrogens with one attached hydrogen (secondary N) is 2. The molecule has 0 saturated carbocycles. The van der Waals surface area contributed by atoms with E-state index in [0.29, 0.717) is 36.7 Å². The van der Waals surface area contributed by atoms with Gasteiger partial charge < -0.3 is 51.9 Å².